The quantitative estimate of drug-likeness (QED) is 0.843. The van der Waals surface area contributed by atoms with Crippen LogP contribution in [-0.2, 0) is 21.2 Å². The molecule has 6 nitrogen and oxygen atoms in total. The highest BCUT2D eigenvalue weighted by atomic mass is 32.2. The van der Waals surface area contributed by atoms with Crippen molar-refractivity contribution in [1.29, 1.82) is 0 Å². The van der Waals surface area contributed by atoms with Crippen LogP contribution in [0.15, 0.2) is 47.4 Å². The molecule has 138 valence electrons. The van der Waals surface area contributed by atoms with Crippen molar-refractivity contribution in [3.05, 3.63) is 53.6 Å². The van der Waals surface area contributed by atoms with Crippen molar-refractivity contribution >= 4 is 21.6 Å². The van der Waals surface area contributed by atoms with Gasteiger partial charge in [0.1, 0.15) is 12.4 Å². The standard InChI is InChI=1S/C19H22N2O4S/c1-14-4-3-5-16(12-14)25-11-10-21(2)26(23,24)17-7-8-18-15(13-17)6-9-19(22)20-18/h3-5,7-8,12-13H,6,9-11H2,1-2H3,(H,20,22). The number of ether oxygens (including phenoxy) is 1. The number of nitrogens with zero attached hydrogens (tertiary/aromatic N) is 1. The van der Waals surface area contributed by atoms with Gasteiger partial charge in [0, 0.05) is 25.7 Å². The van der Waals surface area contributed by atoms with Crippen LogP contribution < -0.4 is 10.1 Å². The molecule has 1 heterocycles. The van der Waals surface area contributed by atoms with E-state index in [1.165, 1.54) is 17.4 Å². The zero-order valence-corrected chi connectivity index (χ0v) is 15.7. The number of anilines is 1. The number of sulfonamides is 1. The fraction of sp³-hybridized carbons (Fsp3) is 0.316. The molecule has 3 rings (SSSR count). The Hall–Kier alpha value is -2.38. The Bertz CT molecular complexity index is 925. The van der Waals surface area contributed by atoms with Crippen molar-refractivity contribution in [3.8, 4) is 5.75 Å². The Morgan fingerprint density at radius 2 is 1.96 bits per heavy atom. The number of amides is 1. The van der Waals surface area contributed by atoms with Gasteiger partial charge in [-0.15, -0.1) is 0 Å². The lowest BCUT2D eigenvalue weighted by molar-refractivity contribution is -0.116. The second-order valence-electron chi connectivity index (χ2n) is 6.36. The molecule has 0 saturated heterocycles. The van der Waals surface area contributed by atoms with Crippen LogP contribution in [0.5, 0.6) is 5.75 Å². The highest BCUT2D eigenvalue weighted by Crippen LogP contribution is 2.26. The lowest BCUT2D eigenvalue weighted by Crippen LogP contribution is -2.31. The SMILES string of the molecule is Cc1cccc(OCCN(C)S(=O)(=O)c2ccc3c(c2)CCC(=O)N3)c1. The Morgan fingerprint density at radius 3 is 2.73 bits per heavy atom. The minimum absolute atomic E-state index is 0.0430. The van der Waals surface area contributed by atoms with Gasteiger partial charge >= 0.3 is 0 Å². The van der Waals surface area contributed by atoms with Crippen molar-refractivity contribution in [3.63, 3.8) is 0 Å². The third kappa shape index (κ3) is 4.05. The first-order chi connectivity index (χ1) is 12.4. The van der Waals surface area contributed by atoms with Gasteiger partial charge in [0.05, 0.1) is 4.90 Å². The lowest BCUT2D eigenvalue weighted by Gasteiger charge is -2.21. The molecule has 0 aliphatic carbocycles. The number of likely N-dealkylation sites (N-methyl/N-ethyl adjacent to an activating group) is 1. The van der Waals surface area contributed by atoms with E-state index in [0.717, 1.165) is 16.9 Å². The number of rotatable bonds is 6. The second kappa shape index (κ2) is 7.47. The van der Waals surface area contributed by atoms with Gasteiger partial charge in [-0.3, -0.25) is 4.79 Å². The van der Waals surface area contributed by atoms with E-state index < -0.39 is 10.0 Å². The molecule has 0 atom stereocenters. The van der Waals surface area contributed by atoms with Crippen molar-refractivity contribution in [2.24, 2.45) is 0 Å². The summed E-state index contributed by atoms with van der Waals surface area (Å²) in [4.78, 5) is 11.6. The molecule has 26 heavy (non-hydrogen) atoms. The van der Waals surface area contributed by atoms with Crippen molar-refractivity contribution in [1.82, 2.24) is 4.31 Å². The fourth-order valence-corrected chi connectivity index (χ4v) is 4.02. The third-order valence-corrected chi connectivity index (χ3v) is 6.20. The van der Waals surface area contributed by atoms with Crippen LogP contribution in [0.3, 0.4) is 0 Å². The Balaban J connectivity index is 1.66. The third-order valence-electron chi connectivity index (χ3n) is 4.34. The molecule has 0 unspecified atom stereocenters. The van der Waals surface area contributed by atoms with Gasteiger partial charge in [0.15, 0.2) is 0 Å². The Labute approximate surface area is 153 Å². The number of hydrogen-bond acceptors (Lipinski definition) is 4. The molecule has 0 radical (unpaired) electrons. The summed E-state index contributed by atoms with van der Waals surface area (Å²) < 4.78 is 32.4. The average Bonchev–Trinajstić information content (AvgIpc) is 2.61. The first-order valence-electron chi connectivity index (χ1n) is 8.45. The number of hydrogen-bond donors (Lipinski definition) is 1. The van der Waals surface area contributed by atoms with Crippen molar-refractivity contribution in [2.45, 2.75) is 24.7 Å². The fourth-order valence-electron chi connectivity index (χ4n) is 2.82. The van der Waals surface area contributed by atoms with Gasteiger partial charge in [0.2, 0.25) is 15.9 Å². The number of benzene rings is 2. The summed E-state index contributed by atoms with van der Waals surface area (Å²) in [6.45, 7) is 2.48. The highest BCUT2D eigenvalue weighted by molar-refractivity contribution is 7.89. The van der Waals surface area contributed by atoms with E-state index in [9.17, 15) is 13.2 Å². The van der Waals surface area contributed by atoms with Crippen LogP contribution in [0.4, 0.5) is 5.69 Å². The molecular formula is C19H22N2O4S. The largest absolute Gasteiger partial charge is 0.492 e. The average molecular weight is 374 g/mol. The van der Waals surface area contributed by atoms with E-state index in [1.807, 2.05) is 31.2 Å². The first kappa shape index (κ1) is 18.4. The van der Waals surface area contributed by atoms with Crippen LogP contribution in [0.2, 0.25) is 0 Å². The van der Waals surface area contributed by atoms with Gasteiger partial charge < -0.3 is 10.1 Å². The maximum absolute atomic E-state index is 12.8. The van der Waals surface area contributed by atoms with Crippen LogP contribution in [0, 0.1) is 6.92 Å². The maximum Gasteiger partial charge on any atom is 0.242 e. The molecule has 1 amide bonds. The predicted octanol–water partition coefficient (Wildman–Crippen LogP) is 2.58. The summed E-state index contributed by atoms with van der Waals surface area (Å²) >= 11 is 0. The van der Waals surface area contributed by atoms with Gasteiger partial charge in [0.25, 0.3) is 0 Å². The van der Waals surface area contributed by atoms with Crippen LogP contribution >= 0.6 is 0 Å². The van der Waals surface area contributed by atoms with Crippen LogP contribution in [-0.4, -0.2) is 38.8 Å². The van der Waals surface area contributed by atoms with E-state index in [1.54, 1.807) is 12.1 Å². The number of carbonyl (C=O) groups is 1. The second-order valence-corrected chi connectivity index (χ2v) is 8.40. The number of nitrogens with one attached hydrogen (secondary N) is 1. The van der Waals surface area contributed by atoms with Gasteiger partial charge in [-0.05, 0) is 54.8 Å². The molecule has 2 aromatic rings. The van der Waals surface area contributed by atoms with Crippen LogP contribution in [0.25, 0.3) is 0 Å². The summed E-state index contributed by atoms with van der Waals surface area (Å²) in [5.74, 6) is 0.679. The predicted molar refractivity (Wildman–Crippen MR) is 99.9 cm³/mol. The number of fused-ring (bicyclic) bond motifs is 1. The summed E-state index contributed by atoms with van der Waals surface area (Å²) in [5.41, 5.74) is 2.62. The lowest BCUT2D eigenvalue weighted by atomic mass is 10.0. The molecule has 1 aliphatic heterocycles. The normalized spacial score (nSPS) is 14.0. The van der Waals surface area contributed by atoms with Gasteiger partial charge in [-0.1, -0.05) is 12.1 Å². The molecule has 1 aliphatic rings. The number of aryl methyl sites for hydroxylation is 2. The molecular weight excluding hydrogens is 352 g/mol. The molecule has 0 saturated carbocycles. The summed E-state index contributed by atoms with van der Waals surface area (Å²) in [7, 11) is -2.07. The van der Waals surface area contributed by atoms with Crippen LogP contribution in [0.1, 0.15) is 17.5 Å². The molecule has 2 aromatic carbocycles. The number of carbonyl (C=O) groups excluding carboxylic acids is 1. The minimum Gasteiger partial charge on any atom is -0.492 e. The summed E-state index contributed by atoms with van der Waals surface area (Å²) in [6.07, 6.45) is 0.918. The molecule has 0 fully saturated rings. The first-order valence-corrected chi connectivity index (χ1v) is 9.89. The highest BCUT2D eigenvalue weighted by Gasteiger charge is 2.23. The van der Waals surface area contributed by atoms with Gasteiger partial charge in [-0.25, -0.2) is 8.42 Å². The summed E-state index contributed by atoms with van der Waals surface area (Å²) in [6, 6.07) is 12.4. The van der Waals surface area contributed by atoms with Crippen molar-refractivity contribution in [2.75, 3.05) is 25.5 Å². The topological polar surface area (TPSA) is 75.7 Å². The summed E-state index contributed by atoms with van der Waals surface area (Å²) in [5, 5.41) is 2.76. The van der Waals surface area contributed by atoms with E-state index >= 15 is 0 Å². The monoisotopic (exact) mass is 374 g/mol. The Kier molecular flexibility index (Phi) is 5.29. The molecule has 0 aromatic heterocycles. The van der Waals surface area contributed by atoms with Crippen molar-refractivity contribution < 1.29 is 17.9 Å². The zero-order chi connectivity index (χ0) is 18.7. The smallest absolute Gasteiger partial charge is 0.242 e. The van der Waals surface area contributed by atoms with E-state index in [2.05, 4.69) is 5.32 Å². The molecule has 0 bridgehead atoms. The zero-order valence-electron chi connectivity index (χ0n) is 14.9. The van der Waals surface area contributed by atoms with E-state index in [-0.39, 0.29) is 24.0 Å². The van der Waals surface area contributed by atoms with Gasteiger partial charge in [-0.2, -0.15) is 4.31 Å². The molecule has 7 heteroatoms. The van der Waals surface area contributed by atoms with E-state index in [0.29, 0.717) is 18.5 Å². The molecule has 1 N–H and O–H groups in total. The minimum atomic E-state index is -3.61. The van der Waals surface area contributed by atoms with E-state index in [4.69, 9.17) is 4.74 Å². The molecule has 0 spiro atoms. The Morgan fingerprint density at radius 1 is 1.15 bits per heavy atom. The maximum atomic E-state index is 12.8.